The van der Waals surface area contributed by atoms with Crippen molar-refractivity contribution >= 4 is 11.8 Å². The Morgan fingerprint density at radius 3 is 2.59 bits per heavy atom. The lowest BCUT2D eigenvalue weighted by Gasteiger charge is -2.11. The van der Waals surface area contributed by atoms with Crippen molar-refractivity contribution in [3.05, 3.63) is 29.3 Å². The smallest absolute Gasteiger partial charge is 0.248 e. The topological polar surface area (TPSA) is 121 Å². The molecular weight excluding hydrogens is 282 g/mol. The fourth-order valence-corrected chi connectivity index (χ4v) is 2.05. The van der Waals surface area contributed by atoms with Gasteiger partial charge in [-0.05, 0) is 43.0 Å². The van der Waals surface area contributed by atoms with E-state index in [1.54, 1.807) is 18.2 Å². The standard InChI is InChI=1S/C16H21N3O3/c1-2-9-22-12-7-8-13(15(18)20)11(10-12)5-3-4-6-14(17)16(19)21/h1,7-8,10,14H,3-6,9,17H2,(H2,18,20)(H2,19,21)/t14-/m0/s1. The molecule has 0 aliphatic carbocycles. The van der Waals surface area contributed by atoms with Gasteiger partial charge in [0.05, 0.1) is 6.04 Å². The van der Waals surface area contributed by atoms with Crippen molar-refractivity contribution in [2.45, 2.75) is 31.7 Å². The molecule has 6 heteroatoms. The third kappa shape index (κ3) is 5.46. The quantitative estimate of drug-likeness (QED) is 0.449. The van der Waals surface area contributed by atoms with Gasteiger partial charge in [0.1, 0.15) is 12.4 Å². The van der Waals surface area contributed by atoms with Gasteiger partial charge >= 0.3 is 0 Å². The summed E-state index contributed by atoms with van der Waals surface area (Å²) in [6, 6.07) is 4.40. The molecule has 6 nitrogen and oxygen atoms in total. The zero-order valence-electron chi connectivity index (χ0n) is 12.4. The summed E-state index contributed by atoms with van der Waals surface area (Å²) in [4.78, 5) is 22.3. The summed E-state index contributed by atoms with van der Waals surface area (Å²) in [7, 11) is 0. The Kier molecular flexibility index (Phi) is 6.93. The third-order valence-corrected chi connectivity index (χ3v) is 3.24. The molecule has 0 spiro atoms. The first-order valence-corrected chi connectivity index (χ1v) is 6.99. The minimum atomic E-state index is -0.638. The van der Waals surface area contributed by atoms with Crippen LogP contribution in [0.1, 0.15) is 35.2 Å². The molecule has 0 saturated carbocycles. The van der Waals surface area contributed by atoms with Crippen LogP contribution >= 0.6 is 0 Å². The van der Waals surface area contributed by atoms with Crippen LogP contribution in [-0.4, -0.2) is 24.5 Å². The van der Waals surface area contributed by atoms with Crippen molar-refractivity contribution in [1.82, 2.24) is 0 Å². The lowest BCUT2D eigenvalue weighted by Crippen LogP contribution is -2.36. The molecule has 118 valence electrons. The molecule has 22 heavy (non-hydrogen) atoms. The van der Waals surface area contributed by atoms with Gasteiger partial charge in [-0.2, -0.15) is 0 Å². The molecule has 0 heterocycles. The van der Waals surface area contributed by atoms with Crippen molar-refractivity contribution in [2.24, 2.45) is 17.2 Å². The average Bonchev–Trinajstić information content (AvgIpc) is 2.48. The second-order valence-electron chi connectivity index (χ2n) is 4.93. The Bertz CT molecular complexity index is 578. The van der Waals surface area contributed by atoms with Crippen LogP contribution in [0.3, 0.4) is 0 Å². The van der Waals surface area contributed by atoms with E-state index < -0.39 is 17.9 Å². The molecule has 0 fully saturated rings. The van der Waals surface area contributed by atoms with Crippen molar-refractivity contribution in [2.75, 3.05) is 6.61 Å². The molecule has 6 N–H and O–H groups in total. The lowest BCUT2D eigenvalue weighted by molar-refractivity contribution is -0.119. The highest BCUT2D eigenvalue weighted by atomic mass is 16.5. The van der Waals surface area contributed by atoms with Crippen molar-refractivity contribution < 1.29 is 14.3 Å². The Labute approximate surface area is 130 Å². The first-order chi connectivity index (χ1) is 10.5. The summed E-state index contributed by atoms with van der Waals surface area (Å²) in [5.74, 6) is 1.96. The van der Waals surface area contributed by atoms with Crippen LogP contribution in [-0.2, 0) is 11.2 Å². The van der Waals surface area contributed by atoms with E-state index in [-0.39, 0.29) is 6.61 Å². The van der Waals surface area contributed by atoms with Gasteiger partial charge in [-0.1, -0.05) is 12.3 Å². The van der Waals surface area contributed by atoms with Gasteiger partial charge in [0.15, 0.2) is 0 Å². The van der Waals surface area contributed by atoms with Gasteiger partial charge in [-0.25, -0.2) is 0 Å². The normalized spacial score (nSPS) is 11.5. The fraction of sp³-hybridized carbons (Fsp3) is 0.375. The molecule has 0 aromatic heterocycles. The molecule has 1 aromatic rings. The van der Waals surface area contributed by atoms with Gasteiger partial charge in [-0.3, -0.25) is 9.59 Å². The molecule has 0 saturated heterocycles. The van der Waals surface area contributed by atoms with E-state index >= 15 is 0 Å². The van der Waals surface area contributed by atoms with Crippen LogP contribution < -0.4 is 21.9 Å². The largest absolute Gasteiger partial charge is 0.481 e. The van der Waals surface area contributed by atoms with E-state index in [0.717, 1.165) is 18.4 Å². The molecule has 0 radical (unpaired) electrons. The highest BCUT2D eigenvalue weighted by Crippen LogP contribution is 2.20. The number of aryl methyl sites for hydroxylation is 1. The molecular formula is C16H21N3O3. The Morgan fingerprint density at radius 1 is 1.27 bits per heavy atom. The molecule has 0 aliphatic rings. The summed E-state index contributed by atoms with van der Waals surface area (Å²) in [5, 5.41) is 0. The number of primary amides is 2. The summed E-state index contributed by atoms with van der Waals surface area (Å²) < 4.78 is 5.34. The number of amides is 2. The second kappa shape index (κ2) is 8.70. The van der Waals surface area contributed by atoms with Gasteiger partial charge in [0.2, 0.25) is 11.8 Å². The number of unbranched alkanes of at least 4 members (excludes halogenated alkanes) is 1. The zero-order valence-corrected chi connectivity index (χ0v) is 12.4. The molecule has 1 atom stereocenters. The fourth-order valence-electron chi connectivity index (χ4n) is 2.05. The Hall–Kier alpha value is -2.52. The number of ether oxygens (including phenoxy) is 1. The number of nitrogens with two attached hydrogens (primary N) is 3. The van der Waals surface area contributed by atoms with Crippen LogP contribution in [0.15, 0.2) is 18.2 Å². The highest BCUT2D eigenvalue weighted by molar-refractivity contribution is 5.94. The predicted octanol–water partition coefficient (Wildman–Crippen LogP) is 0.323. The SMILES string of the molecule is C#CCOc1ccc(C(N)=O)c(CCCC[C@H](N)C(N)=O)c1. The van der Waals surface area contributed by atoms with E-state index in [1.165, 1.54) is 0 Å². The first kappa shape index (κ1) is 17.5. The minimum Gasteiger partial charge on any atom is -0.481 e. The van der Waals surface area contributed by atoms with Crippen LogP contribution in [0.25, 0.3) is 0 Å². The monoisotopic (exact) mass is 303 g/mol. The third-order valence-electron chi connectivity index (χ3n) is 3.24. The lowest BCUT2D eigenvalue weighted by atomic mass is 9.99. The number of benzene rings is 1. The molecule has 2 amide bonds. The van der Waals surface area contributed by atoms with Crippen molar-refractivity contribution in [1.29, 1.82) is 0 Å². The predicted molar refractivity (Wildman–Crippen MR) is 84.0 cm³/mol. The van der Waals surface area contributed by atoms with Crippen LogP contribution in [0.2, 0.25) is 0 Å². The van der Waals surface area contributed by atoms with Crippen molar-refractivity contribution in [3.8, 4) is 18.1 Å². The van der Waals surface area contributed by atoms with Crippen LogP contribution in [0, 0.1) is 12.3 Å². The average molecular weight is 303 g/mol. The summed E-state index contributed by atoms with van der Waals surface area (Å²) in [5.41, 5.74) is 17.3. The summed E-state index contributed by atoms with van der Waals surface area (Å²) in [6.45, 7) is 0.156. The van der Waals surface area contributed by atoms with Crippen LogP contribution in [0.4, 0.5) is 0 Å². The number of terminal acetylenes is 1. The Morgan fingerprint density at radius 2 is 2.00 bits per heavy atom. The summed E-state index contributed by atoms with van der Waals surface area (Å²) in [6.07, 6.45) is 7.75. The highest BCUT2D eigenvalue weighted by Gasteiger charge is 2.11. The molecule has 1 aromatic carbocycles. The molecule has 0 unspecified atom stereocenters. The van der Waals surface area contributed by atoms with Gasteiger partial charge in [-0.15, -0.1) is 6.42 Å². The van der Waals surface area contributed by atoms with Crippen LogP contribution in [0.5, 0.6) is 5.75 Å². The minimum absolute atomic E-state index is 0.156. The zero-order chi connectivity index (χ0) is 16.5. The number of hydrogen-bond donors (Lipinski definition) is 3. The molecule has 0 aliphatic heterocycles. The van der Waals surface area contributed by atoms with E-state index in [4.69, 9.17) is 28.4 Å². The van der Waals surface area contributed by atoms with E-state index in [9.17, 15) is 9.59 Å². The number of carbonyl (C=O) groups excluding carboxylic acids is 2. The van der Waals surface area contributed by atoms with E-state index in [0.29, 0.717) is 24.2 Å². The maximum absolute atomic E-state index is 11.4. The number of carbonyl (C=O) groups is 2. The van der Waals surface area contributed by atoms with Gasteiger partial charge in [0, 0.05) is 5.56 Å². The maximum Gasteiger partial charge on any atom is 0.248 e. The first-order valence-electron chi connectivity index (χ1n) is 6.99. The second-order valence-corrected chi connectivity index (χ2v) is 4.93. The maximum atomic E-state index is 11.4. The van der Waals surface area contributed by atoms with Gasteiger partial charge in [0.25, 0.3) is 0 Å². The number of rotatable bonds is 9. The molecule has 1 rings (SSSR count). The molecule has 0 bridgehead atoms. The Balaban J connectivity index is 2.67. The summed E-state index contributed by atoms with van der Waals surface area (Å²) >= 11 is 0. The van der Waals surface area contributed by atoms with Gasteiger partial charge < -0.3 is 21.9 Å². The van der Waals surface area contributed by atoms with E-state index in [2.05, 4.69) is 5.92 Å². The van der Waals surface area contributed by atoms with E-state index in [1.807, 2.05) is 0 Å². The van der Waals surface area contributed by atoms with Crippen molar-refractivity contribution in [3.63, 3.8) is 0 Å². The number of hydrogen-bond acceptors (Lipinski definition) is 4.